The molecule has 1 heterocycles. The van der Waals surface area contributed by atoms with Gasteiger partial charge in [-0.2, -0.15) is 0 Å². The van der Waals surface area contributed by atoms with E-state index in [1.165, 1.54) is 16.7 Å². The maximum atomic E-state index is 12.3. The summed E-state index contributed by atoms with van der Waals surface area (Å²) in [6, 6.07) is 11.0. The van der Waals surface area contributed by atoms with Crippen molar-refractivity contribution in [3.8, 4) is 28.4 Å². The summed E-state index contributed by atoms with van der Waals surface area (Å²) in [7, 11) is 1.68. The van der Waals surface area contributed by atoms with Crippen LogP contribution in [0.15, 0.2) is 60.0 Å². The molecular weight excluding hydrogens is 416 g/mol. The van der Waals surface area contributed by atoms with Crippen molar-refractivity contribution >= 4 is 11.6 Å². The highest BCUT2D eigenvalue weighted by molar-refractivity contribution is 5.99. The summed E-state index contributed by atoms with van der Waals surface area (Å²) < 4.78 is 13.9. The SMILES string of the molecule is C=CC(=O)Nc1ccc(Oc2c(C)cc(C)cc2C)c(-c2cn(C)c(=O)cc2OC(C)C)c1. The summed E-state index contributed by atoms with van der Waals surface area (Å²) >= 11 is 0. The van der Waals surface area contributed by atoms with Gasteiger partial charge < -0.3 is 19.4 Å². The number of carbonyl (C=O) groups is 1. The lowest BCUT2D eigenvalue weighted by Crippen LogP contribution is -2.17. The molecule has 0 radical (unpaired) electrons. The molecule has 172 valence electrons. The molecule has 6 nitrogen and oxygen atoms in total. The van der Waals surface area contributed by atoms with E-state index >= 15 is 0 Å². The van der Waals surface area contributed by atoms with E-state index in [0.717, 1.165) is 22.4 Å². The second kappa shape index (κ2) is 9.77. The summed E-state index contributed by atoms with van der Waals surface area (Å²) in [6.45, 7) is 13.4. The average Bonchev–Trinajstić information content (AvgIpc) is 2.73. The Balaban J connectivity index is 2.23. The number of amides is 1. The molecule has 33 heavy (non-hydrogen) atoms. The highest BCUT2D eigenvalue weighted by Gasteiger charge is 2.18. The van der Waals surface area contributed by atoms with Gasteiger partial charge in [-0.05, 0) is 70.0 Å². The smallest absolute Gasteiger partial charge is 0.254 e. The zero-order valence-corrected chi connectivity index (χ0v) is 20.0. The average molecular weight is 447 g/mol. The Morgan fingerprint density at radius 1 is 1.03 bits per heavy atom. The largest absolute Gasteiger partial charge is 0.490 e. The van der Waals surface area contributed by atoms with E-state index in [4.69, 9.17) is 9.47 Å². The molecule has 0 atom stereocenters. The van der Waals surface area contributed by atoms with Crippen LogP contribution in [0.3, 0.4) is 0 Å². The molecule has 0 fully saturated rings. The predicted molar refractivity (Wildman–Crippen MR) is 132 cm³/mol. The van der Waals surface area contributed by atoms with E-state index in [0.29, 0.717) is 28.3 Å². The van der Waals surface area contributed by atoms with Gasteiger partial charge in [-0.25, -0.2) is 0 Å². The second-order valence-electron chi connectivity index (χ2n) is 8.40. The van der Waals surface area contributed by atoms with Crippen molar-refractivity contribution in [2.75, 3.05) is 5.32 Å². The Hall–Kier alpha value is -3.80. The van der Waals surface area contributed by atoms with Gasteiger partial charge in [-0.1, -0.05) is 24.3 Å². The van der Waals surface area contributed by atoms with Crippen LogP contribution in [0.5, 0.6) is 17.2 Å². The van der Waals surface area contributed by atoms with Crippen LogP contribution in [0.2, 0.25) is 0 Å². The van der Waals surface area contributed by atoms with Crippen LogP contribution in [0.4, 0.5) is 5.69 Å². The van der Waals surface area contributed by atoms with Crippen LogP contribution in [-0.4, -0.2) is 16.6 Å². The quantitative estimate of drug-likeness (QED) is 0.474. The maximum absolute atomic E-state index is 12.3. The molecule has 0 aliphatic heterocycles. The summed E-state index contributed by atoms with van der Waals surface area (Å²) in [5, 5.41) is 2.79. The minimum absolute atomic E-state index is 0.134. The molecule has 1 amide bonds. The fourth-order valence-electron chi connectivity index (χ4n) is 3.70. The van der Waals surface area contributed by atoms with Crippen LogP contribution in [0.25, 0.3) is 11.1 Å². The topological polar surface area (TPSA) is 69.6 Å². The number of anilines is 1. The van der Waals surface area contributed by atoms with Crippen molar-refractivity contribution in [1.82, 2.24) is 4.57 Å². The molecule has 2 aromatic carbocycles. The lowest BCUT2D eigenvalue weighted by atomic mass is 10.0. The zero-order valence-electron chi connectivity index (χ0n) is 20.0. The predicted octanol–water partition coefficient (Wildman–Crippen LogP) is 5.68. The molecular formula is C27H30N2O4. The minimum Gasteiger partial charge on any atom is -0.490 e. The number of pyridine rings is 1. The second-order valence-corrected chi connectivity index (χ2v) is 8.40. The molecule has 6 heteroatoms. The summed E-state index contributed by atoms with van der Waals surface area (Å²) in [4.78, 5) is 24.2. The van der Waals surface area contributed by atoms with Crippen LogP contribution in [0.1, 0.15) is 30.5 Å². The number of benzene rings is 2. The summed E-state index contributed by atoms with van der Waals surface area (Å²) in [5.41, 5.74) is 4.94. The Labute approximate surface area is 194 Å². The molecule has 0 aliphatic carbocycles. The van der Waals surface area contributed by atoms with E-state index in [1.807, 2.05) is 40.7 Å². The number of hydrogen-bond donors (Lipinski definition) is 1. The van der Waals surface area contributed by atoms with Crippen LogP contribution in [0, 0.1) is 20.8 Å². The monoisotopic (exact) mass is 446 g/mol. The number of nitrogens with zero attached hydrogens (tertiary/aromatic N) is 1. The fraction of sp³-hybridized carbons (Fsp3) is 0.259. The molecule has 3 rings (SSSR count). The number of hydrogen-bond acceptors (Lipinski definition) is 4. The van der Waals surface area contributed by atoms with Gasteiger partial charge in [-0.15, -0.1) is 0 Å². The third-order valence-corrected chi connectivity index (χ3v) is 5.09. The number of aryl methyl sites for hydroxylation is 4. The molecule has 0 aliphatic rings. The standard InChI is InChI=1S/C27H30N2O4/c1-8-25(30)28-20-9-10-23(33-27-18(5)11-17(4)12-19(27)6)21(13-20)22-15-29(7)26(31)14-24(22)32-16(2)3/h8-16H,1H2,2-7H3,(H,28,30). The fourth-order valence-corrected chi connectivity index (χ4v) is 3.70. The van der Waals surface area contributed by atoms with E-state index in [9.17, 15) is 9.59 Å². The lowest BCUT2D eigenvalue weighted by Gasteiger charge is -2.20. The number of ether oxygens (including phenoxy) is 2. The van der Waals surface area contributed by atoms with Gasteiger partial charge in [0.15, 0.2) is 0 Å². The van der Waals surface area contributed by atoms with Crippen molar-refractivity contribution in [1.29, 1.82) is 0 Å². The van der Waals surface area contributed by atoms with Crippen molar-refractivity contribution in [2.24, 2.45) is 7.05 Å². The van der Waals surface area contributed by atoms with Crippen LogP contribution < -0.4 is 20.3 Å². The van der Waals surface area contributed by atoms with Gasteiger partial charge in [0, 0.05) is 36.1 Å². The van der Waals surface area contributed by atoms with Gasteiger partial charge in [0.05, 0.1) is 6.10 Å². The third kappa shape index (κ3) is 5.52. The van der Waals surface area contributed by atoms with Gasteiger partial charge in [0.1, 0.15) is 17.2 Å². The van der Waals surface area contributed by atoms with Crippen molar-refractivity contribution in [2.45, 2.75) is 40.7 Å². The Morgan fingerprint density at radius 3 is 2.30 bits per heavy atom. The number of carbonyl (C=O) groups excluding carboxylic acids is 1. The Bertz CT molecular complexity index is 1250. The first-order valence-electron chi connectivity index (χ1n) is 10.8. The number of nitrogens with one attached hydrogen (secondary N) is 1. The van der Waals surface area contributed by atoms with Gasteiger partial charge in [0.25, 0.3) is 5.56 Å². The number of rotatable bonds is 7. The molecule has 1 N–H and O–H groups in total. The van der Waals surface area contributed by atoms with E-state index in [-0.39, 0.29) is 17.6 Å². The lowest BCUT2D eigenvalue weighted by molar-refractivity contribution is -0.111. The highest BCUT2D eigenvalue weighted by atomic mass is 16.5. The normalized spacial score (nSPS) is 10.8. The molecule has 0 saturated carbocycles. The van der Waals surface area contributed by atoms with E-state index in [2.05, 4.69) is 24.0 Å². The van der Waals surface area contributed by atoms with Crippen molar-refractivity contribution in [3.05, 3.63) is 82.3 Å². The van der Waals surface area contributed by atoms with E-state index < -0.39 is 0 Å². The highest BCUT2D eigenvalue weighted by Crippen LogP contribution is 2.41. The summed E-state index contributed by atoms with van der Waals surface area (Å²) in [6.07, 6.45) is 2.80. The Morgan fingerprint density at radius 2 is 1.70 bits per heavy atom. The van der Waals surface area contributed by atoms with Gasteiger partial charge in [0.2, 0.25) is 5.91 Å². The molecule has 0 unspecified atom stereocenters. The molecule has 1 aromatic heterocycles. The zero-order chi connectivity index (χ0) is 24.3. The van der Waals surface area contributed by atoms with Crippen LogP contribution >= 0.6 is 0 Å². The molecule has 3 aromatic rings. The Kier molecular flexibility index (Phi) is 7.07. The minimum atomic E-state index is -0.320. The van der Waals surface area contributed by atoms with E-state index in [1.54, 1.807) is 25.4 Å². The molecule has 0 bridgehead atoms. The molecule has 0 saturated heterocycles. The van der Waals surface area contributed by atoms with Gasteiger partial charge >= 0.3 is 0 Å². The first kappa shape index (κ1) is 23.9. The first-order valence-corrected chi connectivity index (χ1v) is 10.8. The van der Waals surface area contributed by atoms with Crippen molar-refractivity contribution in [3.63, 3.8) is 0 Å². The van der Waals surface area contributed by atoms with Gasteiger partial charge in [-0.3, -0.25) is 9.59 Å². The first-order chi connectivity index (χ1) is 15.6. The van der Waals surface area contributed by atoms with Crippen molar-refractivity contribution < 1.29 is 14.3 Å². The van der Waals surface area contributed by atoms with Crippen LogP contribution in [-0.2, 0) is 11.8 Å². The maximum Gasteiger partial charge on any atom is 0.254 e. The third-order valence-electron chi connectivity index (χ3n) is 5.09. The molecule has 0 spiro atoms. The number of aromatic nitrogens is 1. The summed E-state index contributed by atoms with van der Waals surface area (Å²) in [5.74, 6) is 1.47.